The number of fused-ring (bicyclic) bond motifs is 5. The van der Waals surface area contributed by atoms with Crippen LogP contribution in [0.2, 0.25) is 5.02 Å². The SMILES string of the molecule is NC[C@H](O)C[C@@H]1NC(=O)[C@@H](N)Cc2cc(ccc2O)-c2ccc(Cl)c(c2)C[C@@H](C(=O)NCC(N)=O)NC1=O.O=C(O)C(F)(F)F.O=C(O)C(F)(F)F. The summed E-state index contributed by atoms with van der Waals surface area (Å²) in [5, 5.41) is 42.5. The van der Waals surface area contributed by atoms with E-state index in [2.05, 4.69) is 16.0 Å². The minimum Gasteiger partial charge on any atom is -0.508 e. The van der Waals surface area contributed by atoms with Crippen molar-refractivity contribution in [1.29, 1.82) is 0 Å². The quantitative estimate of drug-likeness (QED) is 0.169. The van der Waals surface area contributed by atoms with Gasteiger partial charge in [-0.3, -0.25) is 19.2 Å². The van der Waals surface area contributed by atoms with Crippen LogP contribution in [0.15, 0.2) is 36.4 Å². The van der Waals surface area contributed by atoms with Crippen molar-refractivity contribution in [2.45, 2.75) is 55.8 Å². The number of aliphatic hydroxyl groups is 1. The molecule has 0 spiro atoms. The van der Waals surface area contributed by atoms with Crippen molar-refractivity contribution < 1.29 is 75.5 Å². The molecule has 0 unspecified atom stereocenters. The Kier molecular flexibility index (Phi) is 16.7. The number of carboxylic acid groups (broad SMARTS) is 2. The van der Waals surface area contributed by atoms with Gasteiger partial charge in [0.05, 0.1) is 18.7 Å². The van der Waals surface area contributed by atoms with Crippen LogP contribution in [-0.4, -0.2) is 106 Å². The monoisotopic (exact) mass is 774 g/mol. The Bertz CT molecular complexity index is 1600. The predicted octanol–water partition coefficient (Wildman–Crippen LogP) is -0.314. The number of alkyl halides is 6. The summed E-state index contributed by atoms with van der Waals surface area (Å²) in [4.78, 5) is 68.1. The highest BCUT2D eigenvalue weighted by Crippen LogP contribution is 2.30. The number of halogens is 7. The van der Waals surface area contributed by atoms with Crippen molar-refractivity contribution in [2.75, 3.05) is 13.1 Å². The minimum atomic E-state index is -5.08. The summed E-state index contributed by atoms with van der Waals surface area (Å²) < 4.78 is 63.5. The number of aromatic hydroxyl groups is 1. The van der Waals surface area contributed by atoms with Gasteiger partial charge in [-0.2, -0.15) is 26.3 Å². The van der Waals surface area contributed by atoms with Crippen LogP contribution in [0.1, 0.15) is 17.5 Å². The fourth-order valence-electron chi connectivity index (χ4n) is 4.05. The molecule has 0 fully saturated rings. The lowest BCUT2D eigenvalue weighted by Crippen LogP contribution is -2.57. The van der Waals surface area contributed by atoms with Crippen molar-refractivity contribution >= 4 is 47.2 Å². The second-order valence-electron chi connectivity index (χ2n) is 10.7. The van der Waals surface area contributed by atoms with Gasteiger partial charge in [0.25, 0.3) is 0 Å². The largest absolute Gasteiger partial charge is 0.508 e. The van der Waals surface area contributed by atoms with E-state index in [1.54, 1.807) is 30.3 Å². The molecule has 2 aromatic carbocycles. The van der Waals surface area contributed by atoms with Crippen molar-refractivity contribution in [3.05, 3.63) is 52.5 Å². The van der Waals surface area contributed by atoms with Gasteiger partial charge in [0.1, 0.15) is 17.8 Å². The summed E-state index contributed by atoms with van der Waals surface area (Å²) in [6.45, 7) is -0.645. The number of hydrogen-bond donors (Lipinski definition) is 10. The van der Waals surface area contributed by atoms with Crippen LogP contribution >= 0.6 is 11.6 Å². The topological polar surface area (TPSA) is 297 Å². The van der Waals surface area contributed by atoms with E-state index in [0.29, 0.717) is 27.3 Å². The Hall–Kier alpha value is -5.19. The summed E-state index contributed by atoms with van der Waals surface area (Å²) >= 11 is 6.43. The van der Waals surface area contributed by atoms with Gasteiger partial charge in [0, 0.05) is 30.8 Å². The van der Waals surface area contributed by atoms with Gasteiger partial charge in [0.15, 0.2) is 0 Å². The Labute approximate surface area is 294 Å². The number of benzene rings is 2. The fourth-order valence-corrected chi connectivity index (χ4v) is 4.24. The number of nitrogens with one attached hydrogen (secondary N) is 3. The van der Waals surface area contributed by atoms with Crippen LogP contribution in [0.25, 0.3) is 11.1 Å². The van der Waals surface area contributed by atoms with Gasteiger partial charge in [-0.25, -0.2) is 9.59 Å². The molecular weight excluding hydrogens is 742 g/mol. The van der Waals surface area contributed by atoms with Crippen LogP contribution in [-0.2, 0) is 41.6 Å². The highest BCUT2D eigenvalue weighted by atomic mass is 35.5. The summed E-state index contributed by atoms with van der Waals surface area (Å²) in [6.07, 6.45) is -11.7. The van der Waals surface area contributed by atoms with E-state index in [9.17, 15) is 55.7 Å². The summed E-state index contributed by atoms with van der Waals surface area (Å²) in [5.74, 6) is -8.57. The van der Waals surface area contributed by atoms with Crippen LogP contribution < -0.4 is 33.2 Å². The lowest BCUT2D eigenvalue weighted by molar-refractivity contribution is -0.193. The first-order chi connectivity index (χ1) is 23.9. The Morgan fingerprint density at radius 1 is 0.885 bits per heavy atom. The maximum atomic E-state index is 13.3. The van der Waals surface area contributed by atoms with Gasteiger partial charge in [-0.05, 0) is 46.5 Å². The van der Waals surface area contributed by atoms with E-state index in [-0.39, 0.29) is 31.6 Å². The molecule has 4 atom stereocenters. The van der Waals surface area contributed by atoms with Crippen molar-refractivity contribution in [3.63, 3.8) is 0 Å². The number of hydrogen-bond acceptors (Lipinski definition) is 10. The third-order valence-electron chi connectivity index (χ3n) is 6.63. The number of aliphatic carboxylic acids is 2. The molecule has 1 aliphatic rings. The van der Waals surface area contributed by atoms with Crippen LogP contribution in [0.4, 0.5) is 26.3 Å². The van der Waals surface area contributed by atoms with Gasteiger partial charge >= 0.3 is 24.3 Å². The lowest BCUT2D eigenvalue weighted by Gasteiger charge is -2.25. The number of phenolic OH excluding ortho intramolecular Hbond substituents is 1. The number of phenols is 1. The third-order valence-corrected chi connectivity index (χ3v) is 7.00. The molecule has 16 nitrogen and oxygen atoms in total. The Morgan fingerprint density at radius 3 is 1.87 bits per heavy atom. The van der Waals surface area contributed by atoms with Crippen LogP contribution in [0.3, 0.4) is 0 Å². The van der Waals surface area contributed by atoms with E-state index in [0.717, 1.165) is 0 Å². The number of carbonyl (C=O) groups is 6. The molecule has 3 rings (SSSR count). The van der Waals surface area contributed by atoms with E-state index in [1.165, 1.54) is 6.07 Å². The standard InChI is InChI=1S/C25H31ClN6O6.2C2HF3O2/c26-17-3-1-12-5-14(17)8-19(24(37)30-11-22(29)35)32-25(38)20(9-16(33)10-27)31-23(36)18(28)7-15-6-13(12)2-4-21(15)34;2*3-2(4,5)1(6)7/h1-6,16,18-20,33-34H,7-11,27-28H2,(H2,29,35)(H,30,37)(H,31,36)(H,32,38);2*(H,6,7)/t16-,18+,19+,20+;;/m1../s1. The summed E-state index contributed by atoms with van der Waals surface area (Å²) in [6, 6.07) is 6.28. The smallest absolute Gasteiger partial charge is 0.490 e. The first-order valence-corrected chi connectivity index (χ1v) is 14.8. The molecule has 0 radical (unpaired) electrons. The maximum absolute atomic E-state index is 13.3. The van der Waals surface area contributed by atoms with Crippen molar-refractivity contribution in [2.24, 2.45) is 17.2 Å². The second-order valence-corrected chi connectivity index (χ2v) is 11.1. The number of nitrogens with two attached hydrogens (primary N) is 3. The number of carbonyl (C=O) groups excluding carboxylic acids is 4. The average Bonchev–Trinajstić information content (AvgIpc) is 3.04. The highest BCUT2D eigenvalue weighted by molar-refractivity contribution is 6.31. The molecular formula is C29H33ClF6N6O10. The fraction of sp³-hybridized carbons (Fsp3) is 0.379. The highest BCUT2D eigenvalue weighted by Gasteiger charge is 2.39. The molecule has 23 heteroatoms. The predicted molar refractivity (Wildman–Crippen MR) is 167 cm³/mol. The molecule has 0 saturated heterocycles. The van der Waals surface area contributed by atoms with Gasteiger partial charge in [-0.1, -0.05) is 23.7 Å². The molecule has 0 saturated carbocycles. The van der Waals surface area contributed by atoms with Crippen LogP contribution in [0, 0.1) is 0 Å². The summed E-state index contributed by atoms with van der Waals surface area (Å²) in [5.41, 5.74) is 19.0. The molecule has 1 heterocycles. The maximum Gasteiger partial charge on any atom is 0.490 e. The van der Waals surface area contributed by atoms with Gasteiger partial charge in [-0.15, -0.1) is 0 Å². The number of primary amides is 1. The first-order valence-electron chi connectivity index (χ1n) is 14.4. The van der Waals surface area contributed by atoms with Crippen molar-refractivity contribution in [1.82, 2.24) is 16.0 Å². The van der Waals surface area contributed by atoms with Crippen molar-refractivity contribution in [3.8, 4) is 16.9 Å². The number of aliphatic hydroxyl groups excluding tert-OH is 1. The number of carboxylic acids is 2. The van der Waals surface area contributed by atoms with E-state index in [1.807, 2.05) is 0 Å². The molecule has 4 amide bonds. The Balaban J connectivity index is 0.000000812. The average molecular weight is 775 g/mol. The van der Waals surface area contributed by atoms with Crippen LogP contribution in [0.5, 0.6) is 5.75 Å². The third kappa shape index (κ3) is 15.0. The molecule has 52 heavy (non-hydrogen) atoms. The molecule has 0 aliphatic carbocycles. The Morgan fingerprint density at radius 2 is 1.38 bits per heavy atom. The normalized spacial score (nSPS) is 18.2. The zero-order valence-corrected chi connectivity index (χ0v) is 27.2. The van der Waals surface area contributed by atoms with Gasteiger partial charge in [0.2, 0.25) is 23.6 Å². The minimum absolute atomic E-state index is 0.0438. The number of rotatable bonds is 6. The molecule has 13 N–H and O–H groups in total. The van der Waals surface area contributed by atoms with E-state index < -0.39 is 78.7 Å². The molecule has 0 aromatic heterocycles. The molecule has 4 bridgehead atoms. The zero-order valence-electron chi connectivity index (χ0n) is 26.4. The van der Waals surface area contributed by atoms with Gasteiger partial charge < -0.3 is 53.6 Å². The lowest BCUT2D eigenvalue weighted by atomic mass is 9.96. The first kappa shape index (κ1) is 44.8. The molecule has 288 valence electrons. The van der Waals surface area contributed by atoms with E-state index >= 15 is 0 Å². The second kappa shape index (κ2) is 19.4. The molecule has 2 aromatic rings. The zero-order chi connectivity index (χ0) is 40.1. The van der Waals surface area contributed by atoms with E-state index in [4.69, 9.17) is 48.6 Å². The summed E-state index contributed by atoms with van der Waals surface area (Å²) in [7, 11) is 0. The number of amides is 4. The molecule has 1 aliphatic heterocycles.